The molecule has 0 rings (SSSR count). The van der Waals surface area contributed by atoms with Crippen molar-refractivity contribution in [2.75, 3.05) is 0 Å². The van der Waals surface area contributed by atoms with Crippen molar-refractivity contribution in [2.45, 2.75) is 77.1 Å². The molecule has 0 aromatic heterocycles. The summed E-state index contributed by atoms with van der Waals surface area (Å²) in [7, 11) is -2.65. The molecule has 25 heavy (non-hydrogen) atoms. The van der Waals surface area contributed by atoms with Crippen molar-refractivity contribution >= 4 is 28.0 Å². The molecule has 0 fully saturated rings. The maximum absolute atomic E-state index is 10.8. The van der Waals surface area contributed by atoms with Gasteiger partial charge in [-0.15, -0.1) is 0 Å². The molecule has 0 aromatic rings. The Kier molecular flexibility index (Phi) is 36.5. The van der Waals surface area contributed by atoms with Crippen LogP contribution < -0.4 is 61.1 Å². The zero-order valence-electron chi connectivity index (χ0n) is 16.6. The Labute approximate surface area is 200 Å². The van der Waals surface area contributed by atoms with E-state index in [-0.39, 0.29) is 98.7 Å². The van der Waals surface area contributed by atoms with Crippen molar-refractivity contribution in [3.05, 3.63) is 0 Å². The third-order valence-corrected chi connectivity index (χ3v) is 9.16. The van der Waals surface area contributed by atoms with E-state index < -0.39 is 16.1 Å². The minimum absolute atomic E-state index is 0. The fourth-order valence-electron chi connectivity index (χ4n) is 2.48. The monoisotopic (exact) mass is 548 g/mol. The smallest absolute Gasteiger partial charge is 1.00 e. The van der Waals surface area contributed by atoms with E-state index in [0.29, 0.717) is 0 Å². The van der Waals surface area contributed by atoms with Crippen LogP contribution in [-0.4, -0.2) is 28.0 Å². The average Bonchev–Trinajstić information content (AvgIpc) is 2.13. The van der Waals surface area contributed by atoms with Gasteiger partial charge >= 0.3 is 26.2 Å². The number of amides is 2. The summed E-state index contributed by atoms with van der Waals surface area (Å²) in [6, 6.07) is 0. The van der Waals surface area contributed by atoms with E-state index in [9.17, 15) is 9.59 Å². The first-order valence-corrected chi connectivity index (χ1v) is 14.5. The maximum atomic E-state index is 10.8. The molecule has 4 N–H and O–H groups in total. The Morgan fingerprint density at radius 2 is 0.840 bits per heavy atom. The molecule has 11 heteroatoms. The van der Waals surface area contributed by atoms with Gasteiger partial charge in [0.05, 0.1) is 16.1 Å². The average molecular weight is 552 g/mol. The van der Waals surface area contributed by atoms with Gasteiger partial charge in [-0.25, -0.2) is 0 Å². The molecule has 0 aliphatic carbocycles. The van der Waals surface area contributed by atoms with Crippen molar-refractivity contribution in [2.24, 2.45) is 11.5 Å². The fraction of sp³-hybridized carbons (Fsp3) is 0.857. The molecule has 152 valence electrons. The number of primary amides is 2. The van der Waals surface area contributed by atoms with Crippen LogP contribution in [0.25, 0.3) is 0 Å². The SMILES string of the molecule is CCC(C(N)=O)[Si](C)(C)C.CCC(C(N)=O)[Si](C)(C)C.[Cl-].[Cl-].[Cl-].[Cl-].[Zr+4]. The van der Waals surface area contributed by atoms with Gasteiger partial charge in [0.25, 0.3) is 0 Å². The predicted molar refractivity (Wildman–Crippen MR) is 93.2 cm³/mol. The van der Waals surface area contributed by atoms with E-state index in [4.69, 9.17) is 11.5 Å². The van der Waals surface area contributed by atoms with Crippen LogP contribution in [0.1, 0.15) is 26.7 Å². The predicted octanol–water partition coefficient (Wildman–Crippen LogP) is -8.81. The zero-order valence-corrected chi connectivity index (χ0v) is 24.0. The van der Waals surface area contributed by atoms with E-state index in [1.807, 2.05) is 13.8 Å². The molecule has 0 spiro atoms. The van der Waals surface area contributed by atoms with Gasteiger partial charge < -0.3 is 61.1 Å². The standard InChI is InChI=1S/2C7H17NOSi.4ClH.Zr/c2*1-5-6(7(8)9)10(2,3)4;;;;;/h2*6H,5H2,1-4H3,(H2,8,9);4*1H;/q;;;;;;+4/p-4. The van der Waals surface area contributed by atoms with Crippen molar-refractivity contribution in [3.63, 3.8) is 0 Å². The quantitative estimate of drug-likeness (QED) is 0.322. The van der Waals surface area contributed by atoms with Crippen molar-refractivity contribution in [1.82, 2.24) is 0 Å². The van der Waals surface area contributed by atoms with Crippen LogP contribution in [0, 0.1) is 0 Å². The van der Waals surface area contributed by atoms with Gasteiger partial charge in [-0.2, -0.15) is 0 Å². The van der Waals surface area contributed by atoms with Crippen LogP contribution in [0.2, 0.25) is 50.4 Å². The van der Waals surface area contributed by atoms with Crippen LogP contribution in [0.15, 0.2) is 0 Å². The second-order valence-electron chi connectivity index (χ2n) is 7.46. The van der Waals surface area contributed by atoms with Gasteiger partial charge in [-0.1, -0.05) is 53.1 Å². The Morgan fingerprint density at radius 1 is 0.680 bits per heavy atom. The van der Waals surface area contributed by atoms with Gasteiger partial charge in [0.1, 0.15) is 0 Å². The number of carbonyl (C=O) groups is 2. The van der Waals surface area contributed by atoms with Gasteiger partial charge in [0, 0.05) is 11.1 Å². The third kappa shape index (κ3) is 21.6. The first kappa shape index (κ1) is 45.3. The summed E-state index contributed by atoms with van der Waals surface area (Å²) in [6.07, 6.45) is 1.79. The number of carbonyl (C=O) groups excluding carboxylic acids is 2. The van der Waals surface area contributed by atoms with Crippen LogP contribution in [-0.2, 0) is 35.8 Å². The molecule has 0 aromatic carbocycles. The van der Waals surface area contributed by atoms with Crippen molar-refractivity contribution < 1.29 is 85.4 Å². The molecule has 2 atom stereocenters. The van der Waals surface area contributed by atoms with Crippen molar-refractivity contribution in [1.29, 1.82) is 0 Å². The molecular formula is C14H34Cl4N2O2Si2Zr. The molecule has 0 heterocycles. The van der Waals surface area contributed by atoms with Crippen LogP contribution in [0.3, 0.4) is 0 Å². The Bertz CT molecular complexity index is 310. The molecule has 0 aliphatic heterocycles. The molecule has 0 radical (unpaired) electrons. The summed E-state index contributed by atoms with van der Waals surface area (Å²) >= 11 is 0. The van der Waals surface area contributed by atoms with Gasteiger partial charge in [-0.05, 0) is 12.8 Å². The largest absolute Gasteiger partial charge is 4.00 e. The molecule has 0 saturated heterocycles. The van der Waals surface area contributed by atoms with E-state index in [1.54, 1.807) is 0 Å². The number of halogens is 4. The van der Waals surface area contributed by atoms with Gasteiger partial charge in [-0.3, -0.25) is 9.59 Å². The van der Waals surface area contributed by atoms with E-state index in [0.717, 1.165) is 12.8 Å². The minimum atomic E-state index is -1.32. The number of hydrogen-bond acceptors (Lipinski definition) is 2. The first-order chi connectivity index (χ1) is 8.78. The Balaban J connectivity index is -0.0000000432. The minimum Gasteiger partial charge on any atom is -1.00 e. The number of nitrogens with two attached hydrogens (primary N) is 2. The fourth-order valence-corrected chi connectivity index (χ4v) is 6.64. The summed E-state index contributed by atoms with van der Waals surface area (Å²) in [5.74, 6) is -0.247. The first-order valence-electron chi connectivity index (χ1n) is 7.37. The number of rotatable bonds is 6. The van der Waals surface area contributed by atoms with Crippen LogP contribution in [0.4, 0.5) is 0 Å². The summed E-state index contributed by atoms with van der Waals surface area (Å²) in [4.78, 5) is 21.7. The second-order valence-corrected chi connectivity index (χ2v) is 18.3. The topological polar surface area (TPSA) is 86.2 Å². The summed E-state index contributed by atoms with van der Waals surface area (Å²) in [5, 5.41) is 0. The summed E-state index contributed by atoms with van der Waals surface area (Å²) in [6.45, 7) is 17.1. The normalized spacial score (nSPS) is 11.8. The molecule has 4 nitrogen and oxygen atoms in total. The molecule has 0 aliphatic rings. The molecule has 0 saturated carbocycles. The Morgan fingerprint density at radius 3 is 0.840 bits per heavy atom. The van der Waals surface area contributed by atoms with Gasteiger partial charge in [0.2, 0.25) is 11.8 Å². The van der Waals surface area contributed by atoms with Gasteiger partial charge in [0.15, 0.2) is 0 Å². The maximum Gasteiger partial charge on any atom is 4.00 e. The summed E-state index contributed by atoms with van der Waals surface area (Å²) < 4.78 is 0. The molecular weight excluding hydrogens is 517 g/mol. The summed E-state index contributed by atoms with van der Waals surface area (Å²) in [5.41, 5.74) is 10.7. The van der Waals surface area contributed by atoms with E-state index in [2.05, 4.69) is 39.3 Å². The van der Waals surface area contributed by atoms with Crippen LogP contribution >= 0.6 is 0 Å². The molecule has 2 amide bonds. The molecule has 2 unspecified atom stereocenters. The van der Waals surface area contributed by atoms with Crippen molar-refractivity contribution in [3.8, 4) is 0 Å². The Hall–Kier alpha value is 1.42. The van der Waals surface area contributed by atoms with Crippen LogP contribution in [0.5, 0.6) is 0 Å². The van der Waals surface area contributed by atoms with E-state index in [1.165, 1.54) is 0 Å². The second kappa shape index (κ2) is 20.2. The zero-order chi connectivity index (χ0) is 16.7. The van der Waals surface area contributed by atoms with E-state index >= 15 is 0 Å². The molecule has 0 bridgehead atoms. The third-order valence-electron chi connectivity index (χ3n) is 3.59. The number of hydrogen-bond donors (Lipinski definition) is 2.